The van der Waals surface area contributed by atoms with Crippen molar-refractivity contribution in [1.82, 2.24) is 5.32 Å². The van der Waals surface area contributed by atoms with E-state index in [4.69, 9.17) is 15.7 Å². The van der Waals surface area contributed by atoms with E-state index in [0.29, 0.717) is 0 Å². The fourth-order valence-corrected chi connectivity index (χ4v) is 3.07. The molecule has 29 heavy (non-hydrogen) atoms. The topological polar surface area (TPSA) is 105 Å². The molecule has 3 atom stereocenters. The summed E-state index contributed by atoms with van der Waals surface area (Å²) in [6.07, 6.45) is 0.0911. The third-order valence-corrected chi connectivity index (χ3v) is 4.94. The van der Waals surface area contributed by atoms with E-state index in [1.807, 2.05) is 24.3 Å². The highest BCUT2D eigenvalue weighted by Crippen LogP contribution is 2.26. The number of nitrogens with one attached hydrogen (secondary N) is 1. The third-order valence-electron chi connectivity index (χ3n) is 4.41. The van der Waals surface area contributed by atoms with Crippen molar-refractivity contribution in [3.8, 4) is 6.07 Å². The van der Waals surface area contributed by atoms with E-state index in [9.17, 15) is 14.0 Å². The number of nitriles is 1. The van der Waals surface area contributed by atoms with Crippen LogP contribution in [-0.4, -0.2) is 24.5 Å². The first-order chi connectivity index (χ1) is 13.8. The number of halogens is 2. The number of nitrogens with two attached hydrogens (primary N) is 1. The van der Waals surface area contributed by atoms with E-state index >= 15 is 0 Å². The van der Waals surface area contributed by atoms with Gasteiger partial charge in [-0.2, -0.15) is 5.26 Å². The number of benzene rings is 2. The molecule has 0 aliphatic rings. The standard InChI is InChI=1S/C21H21BrFN3O3/c1-13(20(25)27)12-18(21(28)29-11-10-24)26-19(14-2-6-16(22)7-3-14)15-4-8-17(23)9-5-15/h2-9,13,18-19,26H,11-12H2,1H3,(H2,25,27)/t13-,18+,19+/m1/s1. The fraction of sp³-hybridized carbons (Fsp3) is 0.286. The summed E-state index contributed by atoms with van der Waals surface area (Å²) >= 11 is 3.39. The van der Waals surface area contributed by atoms with Crippen LogP contribution in [-0.2, 0) is 14.3 Å². The van der Waals surface area contributed by atoms with Crippen molar-refractivity contribution in [3.63, 3.8) is 0 Å². The highest BCUT2D eigenvalue weighted by atomic mass is 79.9. The lowest BCUT2D eigenvalue weighted by Crippen LogP contribution is -2.43. The number of esters is 1. The maximum absolute atomic E-state index is 13.4. The van der Waals surface area contributed by atoms with Crippen LogP contribution in [0.5, 0.6) is 0 Å². The summed E-state index contributed by atoms with van der Waals surface area (Å²) in [4.78, 5) is 24.0. The smallest absolute Gasteiger partial charge is 0.324 e. The molecule has 0 spiro atoms. The molecule has 2 aromatic rings. The van der Waals surface area contributed by atoms with Crippen molar-refractivity contribution in [2.45, 2.75) is 25.4 Å². The van der Waals surface area contributed by atoms with Gasteiger partial charge in [0.1, 0.15) is 17.9 Å². The van der Waals surface area contributed by atoms with Gasteiger partial charge in [-0.15, -0.1) is 0 Å². The van der Waals surface area contributed by atoms with Gasteiger partial charge in [0, 0.05) is 10.4 Å². The summed E-state index contributed by atoms with van der Waals surface area (Å²) in [7, 11) is 0. The van der Waals surface area contributed by atoms with E-state index in [-0.39, 0.29) is 12.2 Å². The molecular formula is C21H21BrFN3O3. The molecule has 2 rings (SSSR count). The molecule has 0 heterocycles. The average molecular weight is 462 g/mol. The molecule has 0 aliphatic carbocycles. The maximum Gasteiger partial charge on any atom is 0.324 e. The minimum atomic E-state index is -0.899. The van der Waals surface area contributed by atoms with Gasteiger partial charge in [-0.05, 0) is 41.8 Å². The number of hydrogen-bond donors (Lipinski definition) is 2. The predicted octanol–water partition coefficient (Wildman–Crippen LogP) is 3.21. The Bertz CT molecular complexity index is 836. The van der Waals surface area contributed by atoms with Gasteiger partial charge in [-0.25, -0.2) is 4.39 Å². The summed E-state index contributed by atoms with van der Waals surface area (Å²) in [5.74, 6) is -2.19. The van der Waals surface area contributed by atoms with Gasteiger partial charge in [-0.1, -0.05) is 47.1 Å². The molecule has 1 amide bonds. The summed E-state index contributed by atoms with van der Waals surface area (Å²) < 4.78 is 19.3. The van der Waals surface area contributed by atoms with Gasteiger partial charge in [-0.3, -0.25) is 14.9 Å². The Hall–Kier alpha value is -2.76. The van der Waals surface area contributed by atoms with Gasteiger partial charge in [0.25, 0.3) is 0 Å². The highest BCUT2D eigenvalue weighted by molar-refractivity contribution is 9.10. The van der Waals surface area contributed by atoms with Crippen molar-refractivity contribution in [2.24, 2.45) is 11.7 Å². The summed E-state index contributed by atoms with van der Waals surface area (Å²) in [6.45, 7) is 1.21. The van der Waals surface area contributed by atoms with Crippen LogP contribution in [0.15, 0.2) is 53.0 Å². The van der Waals surface area contributed by atoms with Crippen LogP contribution >= 0.6 is 15.9 Å². The molecule has 0 fully saturated rings. The predicted molar refractivity (Wildman–Crippen MR) is 109 cm³/mol. The average Bonchev–Trinajstić information content (AvgIpc) is 2.70. The highest BCUT2D eigenvalue weighted by Gasteiger charge is 2.28. The van der Waals surface area contributed by atoms with Gasteiger partial charge >= 0.3 is 5.97 Å². The van der Waals surface area contributed by atoms with Gasteiger partial charge < -0.3 is 10.5 Å². The molecule has 6 nitrogen and oxygen atoms in total. The summed E-state index contributed by atoms with van der Waals surface area (Å²) in [5.41, 5.74) is 6.90. The van der Waals surface area contributed by atoms with Gasteiger partial charge in [0.15, 0.2) is 6.61 Å². The van der Waals surface area contributed by atoms with Crippen molar-refractivity contribution in [1.29, 1.82) is 5.26 Å². The number of hydrogen-bond acceptors (Lipinski definition) is 5. The Labute approximate surface area is 177 Å². The molecule has 0 aromatic heterocycles. The SMILES string of the molecule is C[C@H](C[C@H](N[C@H](c1ccc(F)cc1)c1ccc(Br)cc1)C(=O)OCC#N)C(N)=O. The minimum Gasteiger partial charge on any atom is -0.449 e. The van der Waals surface area contributed by atoms with Gasteiger partial charge in [0.2, 0.25) is 5.91 Å². The number of carbonyl (C=O) groups is 2. The summed E-state index contributed by atoms with van der Waals surface area (Å²) in [5, 5.41) is 11.9. The van der Waals surface area contributed by atoms with E-state index in [1.165, 1.54) is 12.1 Å². The number of amides is 1. The van der Waals surface area contributed by atoms with Crippen LogP contribution in [0, 0.1) is 23.1 Å². The van der Waals surface area contributed by atoms with Crippen molar-refractivity contribution in [2.75, 3.05) is 6.61 Å². The molecule has 0 saturated heterocycles. The van der Waals surface area contributed by atoms with E-state index in [0.717, 1.165) is 15.6 Å². The zero-order valence-corrected chi connectivity index (χ0v) is 17.4. The molecule has 3 N–H and O–H groups in total. The number of rotatable bonds is 9. The van der Waals surface area contributed by atoms with E-state index < -0.39 is 36.5 Å². The van der Waals surface area contributed by atoms with Crippen LogP contribution in [0.4, 0.5) is 4.39 Å². The van der Waals surface area contributed by atoms with Gasteiger partial charge in [0.05, 0.1) is 6.04 Å². The molecule has 0 aliphatic heterocycles. The lowest BCUT2D eigenvalue weighted by Gasteiger charge is -2.26. The third kappa shape index (κ3) is 6.66. The molecule has 0 radical (unpaired) electrons. The van der Waals surface area contributed by atoms with Crippen LogP contribution in [0.2, 0.25) is 0 Å². The lowest BCUT2D eigenvalue weighted by molar-refractivity contribution is -0.145. The molecule has 0 bridgehead atoms. The van der Waals surface area contributed by atoms with Crippen molar-refractivity contribution < 1.29 is 18.7 Å². The zero-order valence-electron chi connectivity index (χ0n) is 15.8. The lowest BCUT2D eigenvalue weighted by atomic mass is 9.95. The number of nitrogens with zero attached hydrogens (tertiary/aromatic N) is 1. The molecule has 0 saturated carbocycles. The first-order valence-corrected chi connectivity index (χ1v) is 9.71. The monoisotopic (exact) mass is 461 g/mol. The normalized spacial score (nSPS) is 13.7. The molecule has 152 valence electrons. The Morgan fingerprint density at radius 3 is 2.24 bits per heavy atom. The second-order valence-corrected chi connectivity index (χ2v) is 7.48. The molecule has 8 heteroatoms. The molecular weight excluding hydrogens is 441 g/mol. The Kier molecular flexibility index (Phi) is 8.31. The summed E-state index contributed by atoms with van der Waals surface area (Å²) in [6, 6.07) is 13.7. The van der Waals surface area contributed by atoms with Crippen molar-refractivity contribution in [3.05, 3.63) is 69.9 Å². The van der Waals surface area contributed by atoms with E-state index in [2.05, 4.69) is 21.2 Å². The van der Waals surface area contributed by atoms with Crippen LogP contribution in [0.25, 0.3) is 0 Å². The second-order valence-electron chi connectivity index (χ2n) is 6.56. The van der Waals surface area contributed by atoms with Crippen LogP contribution in [0.3, 0.4) is 0 Å². The first-order valence-electron chi connectivity index (χ1n) is 8.91. The Morgan fingerprint density at radius 2 is 1.72 bits per heavy atom. The van der Waals surface area contributed by atoms with Crippen molar-refractivity contribution >= 4 is 27.8 Å². The quantitative estimate of drug-likeness (QED) is 0.557. The fourth-order valence-electron chi connectivity index (χ4n) is 2.80. The first kappa shape index (κ1) is 22.5. The Balaban J connectivity index is 2.38. The molecule has 2 aromatic carbocycles. The van der Waals surface area contributed by atoms with Crippen LogP contribution < -0.4 is 11.1 Å². The Morgan fingerprint density at radius 1 is 1.17 bits per heavy atom. The number of primary amides is 1. The number of ether oxygens (including phenoxy) is 1. The van der Waals surface area contributed by atoms with E-state index in [1.54, 1.807) is 25.1 Å². The minimum absolute atomic E-state index is 0.0911. The zero-order chi connectivity index (χ0) is 21.4. The second kappa shape index (κ2) is 10.7. The van der Waals surface area contributed by atoms with Crippen LogP contribution in [0.1, 0.15) is 30.5 Å². The largest absolute Gasteiger partial charge is 0.449 e. The molecule has 0 unspecified atom stereocenters. The number of carbonyl (C=O) groups excluding carboxylic acids is 2. The maximum atomic E-state index is 13.4.